The first kappa shape index (κ1) is 13.8. The van der Waals surface area contributed by atoms with Gasteiger partial charge in [-0.05, 0) is 24.5 Å². The van der Waals surface area contributed by atoms with Crippen LogP contribution in [0.15, 0.2) is 36.7 Å². The Morgan fingerprint density at radius 2 is 2.05 bits per heavy atom. The molecule has 0 radical (unpaired) electrons. The van der Waals surface area contributed by atoms with Crippen molar-refractivity contribution in [2.45, 2.75) is 32.7 Å². The molecule has 2 rings (SSSR count). The third kappa shape index (κ3) is 3.67. The Morgan fingerprint density at radius 1 is 1.26 bits per heavy atom. The first-order valence-electron chi connectivity index (χ1n) is 6.50. The fraction of sp³-hybridized carbons (Fsp3) is 0.333. The fourth-order valence-electron chi connectivity index (χ4n) is 2.16. The summed E-state index contributed by atoms with van der Waals surface area (Å²) in [5.74, 6) is 0.717. The van der Waals surface area contributed by atoms with Gasteiger partial charge in [0.2, 0.25) is 0 Å². The molecule has 0 aliphatic rings. The molecule has 3 nitrogen and oxygen atoms in total. The summed E-state index contributed by atoms with van der Waals surface area (Å²) < 4.78 is 0. The van der Waals surface area contributed by atoms with Gasteiger partial charge in [0.05, 0.1) is 18.4 Å². The van der Waals surface area contributed by atoms with Crippen LogP contribution < -0.4 is 5.32 Å². The van der Waals surface area contributed by atoms with Crippen molar-refractivity contribution >= 4 is 17.4 Å². The third-order valence-corrected chi connectivity index (χ3v) is 3.25. The van der Waals surface area contributed by atoms with Crippen LogP contribution >= 0.6 is 11.6 Å². The molecule has 4 heteroatoms. The number of nitrogens with zero attached hydrogens (tertiary/aromatic N) is 2. The molecular formula is C15H18ClN3. The van der Waals surface area contributed by atoms with Crippen LogP contribution in [0.3, 0.4) is 0 Å². The van der Waals surface area contributed by atoms with Gasteiger partial charge in [0, 0.05) is 0 Å². The highest BCUT2D eigenvalue weighted by molar-refractivity contribution is 6.29. The van der Waals surface area contributed by atoms with Gasteiger partial charge in [0.1, 0.15) is 11.0 Å². The van der Waals surface area contributed by atoms with Crippen LogP contribution in [0.2, 0.25) is 5.15 Å². The maximum Gasteiger partial charge on any atom is 0.149 e. The van der Waals surface area contributed by atoms with Gasteiger partial charge in [-0.15, -0.1) is 0 Å². The van der Waals surface area contributed by atoms with Gasteiger partial charge >= 0.3 is 0 Å². The van der Waals surface area contributed by atoms with E-state index < -0.39 is 0 Å². The lowest BCUT2D eigenvalue weighted by Gasteiger charge is -2.21. The molecule has 0 aliphatic carbocycles. The molecule has 0 saturated carbocycles. The Kier molecular flexibility index (Phi) is 4.74. The summed E-state index contributed by atoms with van der Waals surface area (Å²) in [5, 5.41) is 3.83. The molecule has 1 heterocycles. The average Bonchev–Trinajstić information content (AvgIpc) is 2.39. The first-order chi connectivity index (χ1) is 9.20. The second-order valence-corrected chi connectivity index (χ2v) is 4.96. The van der Waals surface area contributed by atoms with Crippen molar-refractivity contribution in [3.63, 3.8) is 0 Å². The Balaban J connectivity index is 2.24. The lowest BCUT2D eigenvalue weighted by Crippen LogP contribution is -2.13. The van der Waals surface area contributed by atoms with E-state index in [9.17, 15) is 0 Å². The Hall–Kier alpha value is -1.61. The SMILES string of the molecule is CCCC(Nc1cncc(Cl)n1)c1ccccc1C. The van der Waals surface area contributed by atoms with Crippen molar-refractivity contribution in [1.29, 1.82) is 0 Å². The summed E-state index contributed by atoms with van der Waals surface area (Å²) in [6, 6.07) is 8.64. The molecule has 1 N–H and O–H groups in total. The molecular weight excluding hydrogens is 258 g/mol. The normalized spacial score (nSPS) is 12.2. The van der Waals surface area contributed by atoms with Crippen LogP contribution in [-0.4, -0.2) is 9.97 Å². The van der Waals surface area contributed by atoms with E-state index in [2.05, 4.69) is 53.4 Å². The molecule has 0 bridgehead atoms. The second kappa shape index (κ2) is 6.53. The van der Waals surface area contributed by atoms with E-state index in [1.807, 2.05) is 0 Å². The Morgan fingerprint density at radius 3 is 2.74 bits per heavy atom. The maximum atomic E-state index is 5.87. The summed E-state index contributed by atoms with van der Waals surface area (Å²) in [7, 11) is 0. The predicted octanol–water partition coefficient (Wildman–Crippen LogP) is 4.39. The van der Waals surface area contributed by atoms with Crippen LogP contribution in [0.25, 0.3) is 0 Å². The van der Waals surface area contributed by atoms with Gasteiger partial charge in [-0.1, -0.05) is 49.2 Å². The van der Waals surface area contributed by atoms with Crippen molar-refractivity contribution in [1.82, 2.24) is 9.97 Å². The molecule has 0 spiro atoms. The van der Waals surface area contributed by atoms with Crippen molar-refractivity contribution in [2.75, 3.05) is 5.32 Å². The molecule has 1 aromatic heterocycles. The number of nitrogens with one attached hydrogen (secondary N) is 1. The molecule has 1 atom stereocenters. The number of halogens is 1. The number of aryl methyl sites for hydroxylation is 1. The largest absolute Gasteiger partial charge is 0.362 e. The van der Waals surface area contributed by atoms with E-state index in [0.29, 0.717) is 11.0 Å². The lowest BCUT2D eigenvalue weighted by molar-refractivity contribution is 0.670. The van der Waals surface area contributed by atoms with Crippen molar-refractivity contribution < 1.29 is 0 Å². The van der Waals surface area contributed by atoms with E-state index in [0.717, 1.165) is 12.8 Å². The number of hydrogen-bond acceptors (Lipinski definition) is 3. The molecule has 19 heavy (non-hydrogen) atoms. The Labute approximate surface area is 119 Å². The van der Waals surface area contributed by atoms with Gasteiger partial charge < -0.3 is 5.32 Å². The van der Waals surface area contributed by atoms with E-state index in [4.69, 9.17) is 11.6 Å². The van der Waals surface area contributed by atoms with Crippen molar-refractivity contribution in [2.24, 2.45) is 0 Å². The minimum absolute atomic E-state index is 0.235. The zero-order valence-electron chi connectivity index (χ0n) is 11.2. The average molecular weight is 276 g/mol. The monoisotopic (exact) mass is 275 g/mol. The standard InChI is InChI=1S/C15H18ClN3/c1-3-6-13(12-8-5-4-7-11(12)2)18-15-10-17-9-14(16)19-15/h4-5,7-10,13H,3,6H2,1-2H3,(H,18,19). The topological polar surface area (TPSA) is 37.8 Å². The van der Waals surface area contributed by atoms with Crippen LogP contribution in [0, 0.1) is 6.92 Å². The number of aromatic nitrogens is 2. The van der Waals surface area contributed by atoms with Crippen molar-refractivity contribution in [3.8, 4) is 0 Å². The van der Waals surface area contributed by atoms with Crippen LogP contribution in [-0.2, 0) is 0 Å². The lowest BCUT2D eigenvalue weighted by atomic mass is 9.98. The van der Waals surface area contributed by atoms with Crippen LogP contribution in [0.4, 0.5) is 5.82 Å². The van der Waals surface area contributed by atoms with Crippen LogP contribution in [0.1, 0.15) is 36.9 Å². The highest BCUT2D eigenvalue weighted by Gasteiger charge is 2.13. The van der Waals surface area contributed by atoms with Gasteiger partial charge in [0.15, 0.2) is 0 Å². The molecule has 100 valence electrons. The summed E-state index contributed by atoms with van der Waals surface area (Å²) in [6.45, 7) is 4.31. The highest BCUT2D eigenvalue weighted by atomic mass is 35.5. The number of hydrogen-bond donors (Lipinski definition) is 1. The van der Waals surface area contributed by atoms with Gasteiger partial charge in [-0.2, -0.15) is 0 Å². The van der Waals surface area contributed by atoms with Crippen LogP contribution in [0.5, 0.6) is 0 Å². The fourth-order valence-corrected chi connectivity index (χ4v) is 2.31. The molecule has 0 saturated heterocycles. The molecule has 2 aromatic rings. The Bertz CT molecular complexity index is 542. The minimum Gasteiger partial charge on any atom is -0.362 e. The molecule has 1 aromatic carbocycles. The van der Waals surface area contributed by atoms with E-state index in [1.165, 1.54) is 17.3 Å². The zero-order valence-corrected chi connectivity index (χ0v) is 12.0. The number of rotatable bonds is 5. The summed E-state index contributed by atoms with van der Waals surface area (Å²) >= 11 is 5.87. The van der Waals surface area contributed by atoms with Gasteiger partial charge in [-0.25, -0.2) is 4.98 Å². The van der Waals surface area contributed by atoms with Crippen molar-refractivity contribution in [3.05, 3.63) is 52.9 Å². The van der Waals surface area contributed by atoms with Gasteiger partial charge in [0.25, 0.3) is 0 Å². The minimum atomic E-state index is 0.235. The zero-order chi connectivity index (χ0) is 13.7. The quantitative estimate of drug-likeness (QED) is 0.879. The molecule has 0 fully saturated rings. The van der Waals surface area contributed by atoms with Gasteiger partial charge in [-0.3, -0.25) is 4.98 Å². The third-order valence-electron chi connectivity index (χ3n) is 3.07. The summed E-state index contributed by atoms with van der Waals surface area (Å²) in [4.78, 5) is 8.30. The summed E-state index contributed by atoms with van der Waals surface area (Å²) in [6.07, 6.45) is 5.38. The molecule has 0 aliphatic heterocycles. The number of benzene rings is 1. The highest BCUT2D eigenvalue weighted by Crippen LogP contribution is 2.25. The maximum absolute atomic E-state index is 5.87. The van der Waals surface area contributed by atoms with E-state index in [-0.39, 0.29) is 6.04 Å². The second-order valence-electron chi connectivity index (χ2n) is 4.57. The smallest absolute Gasteiger partial charge is 0.149 e. The van der Waals surface area contributed by atoms with E-state index >= 15 is 0 Å². The predicted molar refractivity (Wildman–Crippen MR) is 79.5 cm³/mol. The summed E-state index contributed by atoms with van der Waals surface area (Å²) in [5.41, 5.74) is 2.58. The number of anilines is 1. The molecule has 0 amide bonds. The molecule has 1 unspecified atom stereocenters. The van der Waals surface area contributed by atoms with E-state index in [1.54, 1.807) is 6.20 Å². The first-order valence-corrected chi connectivity index (χ1v) is 6.88.